The van der Waals surface area contributed by atoms with E-state index in [4.69, 9.17) is 0 Å². The predicted molar refractivity (Wildman–Crippen MR) is 64.1 cm³/mol. The molecule has 2 unspecified atom stereocenters. The van der Waals surface area contributed by atoms with Gasteiger partial charge < -0.3 is 15.3 Å². The topological polar surface area (TPSA) is 52.6 Å². The molecule has 0 aromatic heterocycles. The van der Waals surface area contributed by atoms with Crippen molar-refractivity contribution in [2.24, 2.45) is 5.92 Å². The zero-order chi connectivity index (χ0) is 12.1. The molecule has 1 fully saturated rings. The number of nitrogens with zero attached hydrogens (tertiary/aromatic N) is 1. The summed E-state index contributed by atoms with van der Waals surface area (Å²) in [6.07, 6.45) is 1.98. The van der Waals surface area contributed by atoms with Crippen LogP contribution in [0.3, 0.4) is 0 Å². The summed E-state index contributed by atoms with van der Waals surface area (Å²) >= 11 is 0. The average molecular weight is 228 g/mol. The summed E-state index contributed by atoms with van der Waals surface area (Å²) in [6.45, 7) is 7.88. The van der Waals surface area contributed by atoms with E-state index in [-0.39, 0.29) is 12.5 Å². The first-order valence-electron chi connectivity index (χ1n) is 6.20. The van der Waals surface area contributed by atoms with Crippen LogP contribution in [0.4, 0.5) is 0 Å². The molecule has 1 rings (SSSR count). The number of amides is 1. The third-order valence-corrected chi connectivity index (χ3v) is 3.09. The summed E-state index contributed by atoms with van der Waals surface area (Å²) in [6, 6.07) is -0.116. The van der Waals surface area contributed by atoms with Crippen molar-refractivity contribution in [2.45, 2.75) is 45.7 Å². The van der Waals surface area contributed by atoms with E-state index >= 15 is 0 Å². The van der Waals surface area contributed by atoms with Gasteiger partial charge in [0, 0.05) is 19.1 Å². The lowest BCUT2D eigenvalue weighted by molar-refractivity contribution is -0.133. The van der Waals surface area contributed by atoms with E-state index < -0.39 is 6.04 Å². The summed E-state index contributed by atoms with van der Waals surface area (Å²) in [4.78, 5) is 13.9. The first-order chi connectivity index (χ1) is 7.54. The van der Waals surface area contributed by atoms with E-state index in [0.717, 1.165) is 25.9 Å². The standard InChI is InChI=1S/C12H24N2O2/c1-9(2)4-6-14-7-5-10(3)13-11(8-15)12(14)16/h9-11,13,15H,4-8H2,1-3H3. The molecule has 2 N–H and O–H groups in total. The SMILES string of the molecule is CC(C)CCN1CCC(C)NC(CO)C1=O. The van der Waals surface area contributed by atoms with Gasteiger partial charge in [-0.1, -0.05) is 13.8 Å². The highest BCUT2D eigenvalue weighted by atomic mass is 16.3. The lowest BCUT2D eigenvalue weighted by Gasteiger charge is -2.24. The third-order valence-electron chi connectivity index (χ3n) is 3.09. The Morgan fingerprint density at radius 3 is 2.81 bits per heavy atom. The fourth-order valence-electron chi connectivity index (χ4n) is 1.94. The highest BCUT2D eigenvalue weighted by molar-refractivity contribution is 5.82. The van der Waals surface area contributed by atoms with Gasteiger partial charge in [-0.3, -0.25) is 4.79 Å². The van der Waals surface area contributed by atoms with Crippen LogP contribution < -0.4 is 5.32 Å². The molecule has 1 heterocycles. The summed E-state index contributed by atoms with van der Waals surface area (Å²) < 4.78 is 0. The smallest absolute Gasteiger partial charge is 0.242 e. The Kier molecular flexibility index (Phi) is 5.22. The number of aliphatic hydroxyl groups is 1. The zero-order valence-electron chi connectivity index (χ0n) is 10.6. The lowest BCUT2D eigenvalue weighted by atomic mass is 10.1. The summed E-state index contributed by atoms with van der Waals surface area (Å²) in [5.74, 6) is 0.654. The largest absolute Gasteiger partial charge is 0.394 e. The molecule has 0 bridgehead atoms. The molecule has 0 aliphatic carbocycles. The van der Waals surface area contributed by atoms with Gasteiger partial charge in [0.1, 0.15) is 6.04 Å². The lowest BCUT2D eigenvalue weighted by Crippen LogP contribution is -2.47. The average Bonchev–Trinajstić information content (AvgIpc) is 2.36. The molecule has 0 aromatic rings. The van der Waals surface area contributed by atoms with Crippen LogP contribution in [0, 0.1) is 5.92 Å². The van der Waals surface area contributed by atoms with Crippen molar-refractivity contribution < 1.29 is 9.90 Å². The normalized spacial score (nSPS) is 27.3. The number of hydrogen-bond acceptors (Lipinski definition) is 3. The number of rotatable bonds is 4. The quantitative estimate of drug-likeness (QED) is 0.741. The van der Waals surface area contributed by atoms with Crippen LogP contribution in [-0.4, -0.2) is 47.7 Å². The van der Waals surface area contributed by atoms with Crippen LogP contribution in [-0.2, 0) is 4.79 Å². The van der Waals surface area contributed by atoms with Crippen LogP contribution in [0.25, 0.3) is 0 Å². The maximum atomic E-state index is 12.0. The third kappa shape index (κ3) is 3.76. The summed E-state index contributed by atoms with van der Waals surface area (Å²) in [7, 11) is 0. The van der Waals surface area contributed by atoms with Crippen LogP contribution in [0.1, 0.15) is 33.6 Å². The Bertz CT molecular complexity index is 231. The Balaban J connectivity index is 2.57. The molecule has 1 aliphatic rings. The molecular weight excluding hydrogens is 204 g/mol. The van der Waals surface area contributed by atoms with Gasteiger partial charge in [-0.2, -0.15) is 0 Å². The number of hydrogen-bond donors (Lipinski definition) is 2. The highest BCUT2D eigenvalue weighted by Gasteiger charge is 2.28. The Morgan fingerprint density at radius 2 is 2.25 bits per heavy atom. The van der Waals surface area contributed by atoms with Gasteiger partial charge in [0.05, 0.1) is 6.61 Å². The van der Waals surface area contributed by atoms with Crippen molar-refractivity contribution in [3.8, 4) is 0 Å². The van der Waals surface area contributed by atoms with E-state index in [1.165, 1.54) is 0 Å². The molecule has 0 spiro atoms. The molecule has 0 radical (unpaired) electrons. The number of carbonyl (C=O) groups is 1. The first kappa shape index (κ1) is 13.5. The second kappa shape index (κ2) is 6.21. The molecule has 0 aromatic carbocycles. The van der Waals surface area contributed by atoms with Crippen molar-refractivity contribution in [3.63, 3.8) is 0 Å². The van der Waals surface area contributed by atoms with Crippen molar-refractivity contribution in [1.82, 2.24) is 10.2 Å². The second-order valence-corrected chi connectivity index (χ2v) is 5.10. The van der Waals surface area contributed by atoms with Gasteiger partial charge in [0.15, 0.2) is 0 Å². The minimum absolute atomic E-state index is 0.0486. The Hall–Kier alpha value is -0.610. The van der Waals surface area contributed by atoms with Gasteiger partial charge >= 0.3 is 0 Å². The molecule has 0 saturated carbocycles. The molecule has 2 atom stereocenters. The number of carbonyl (C=O) groups excluding carboxylic acids is 1. The van der Waals surface area contributed by atoms with Gasteiger partial charge in [-0.05, 0) is 25.7 Å². The van der Waals surface area contributed by atoms with Crippen molar-refractivity contribution in [2.75, 3.05) is 19.7 Å². The van der Waals surface area contributed by atoms with Crippen molar-refractivity contribution >= 4 is 5.91 Å². The number of aliphatic hydroxyl groups excluding tert-OH is 1. The fraction of sp³-hybridized carbons (Fsp3) is 0.917. The predicted octanol–water partition coefficient (Wildman–Crippen LogP) is 0.604. The van der Waals surface area contributed by atoms with E-state index in [2.05, 4.69) is 26.1 Å². The molecular formula is C12H24N2O2. The molecule has 1 amide bonds. The second-order valence-electron chi connectivity index (χ2n) is 5.10. The molecule has 94 valence electrons. The van der Waals surface area contributed by atoms with Gasteiger partial charge in [-0.25, -0.2) is 0 Å². The molecule has 16 heavy (non-hydrogen) atoms. The van der Waals surface area contributed by atoms with Crippen LogP contribution >= 0.6 is 0 Å². The number of nitrogens with one attached hydrogen (secondary N) is 1. The summed E-state index contributed by atoms with van der Waals surface area (Å²) in [5, 5.41) is 12.3. The van der Waals surface area contributed by atoms with E-state index in [1.807, 2.05) is 4.90 Å². The fourth-order valence-corrected chi connectivity index (χ4v) is 1.94. The van der Waals surface area contributed by atoms with E-state index in [0.29, 0.717) is 12.0 Å². The highest BCUT2D eigenvalue weighted by Crippen LogP contribution is 2.10. The van der Waals surface area contributed by atoms with E-state index in [9.17, 15) is 9.90 Å². The molecule has 4 nitrogen and oxygen atoms in total. The van der Waals surface area contributed by atoms with Gasteiger partial charge in [0.2, 0.25) is 5.91 Å². The Labute approximate surface area is 98.0 Å². The van der Waals surface area contributed by atoms with Crippen LogP contribution in [0.2, 0.25) is 0 Å². The Morgan fingerprint density at radius 1 is 1.56 bits per heavy atom. The zero-order valence-corrected chi connectivity index (χ0v) is 10.6. The van der Waals surface area contributed by atoms with Crippen LogP contribution in [0.15, 0.2) is 0 Å². The maximum absolute atomic E-state index is 12.0. The van der Waals surface area contributed by atoms with Gasteiger partial charge in [0.25, 0.3) is 0 Å². The monoisotopic (exact) mass is 228 g/mol. The minimum atomic E-state index is -0.412. The van der Waals surface area contributed by atoms with Gasteiger partial charge in [-0.15, -0.1) is 0 Å². The van der Waals surface area contributed by atoms with E-state index in [1.54, 1.807) is 0 Å². The molecule has 1 saturated heterocycles. The van der Waals surface area contributed by atoms with Crippen LogP contribution in [0.5, 0.6) is 0 Å². The minimum Gasteiger partial charge on any atom is -0.394 e. The first-order valence-corrected chi connectivity index (χ1v) is 6.20. The molecule has 4 heteroatoms. The molecule has 1 aliphatic heterocycles. The summed E-state index contributed by atoms with van der Waals surface area (Å²) in [5.41, 5.74) is 0. The van der Waals surface area contributed by atoms with Crippen molar-refractivity contribution in [3.05, 3.63) is 0 Å². The van der Waals surface area contributed by atoms with Crippen molar-refractivity contribution in [1.29, 1.82) is 0 Å². The maximum Gasteiger partial charge on any atom is 0.242 e.